The number of aromatic nitrogens is 1. The van der Waals surface area contributed by atoms with Crippen LogP contribution in [0.5, 0.6) is 0 Å². The number of carbonyl (C=O) groups is 1. The van der Waals surface area contributed by atoms with Gasteiger partial charge in [0, 0.05) is 42.7 Å². The number of carbonyl (C=O) groups excluding carboxylic acids is 1. The lowest BCUT2D eigenvalue weighted by Gasteiger charge is -2.26. The largest absolute Gasteiger partial charge is 0.379 e. The van der Waals surface area contributed by atoms with Gasteiger partial charge in [0.2, 0.25) is 15.9 Å². The molecule has 0 bridgehead atoms. The topological polar surface area (TPSA) is 91.5 Å². The molecule has 1 aromatic heterocycles. The highest BCUT2D eigenvalue weighted by molar-refractivity contribution is 7.89. The first-order chi connectivity index (χ1) is 15.4. The standard InChI is InChI=1S/C23H26FN3O4S/c24-18-7-5-17(6-8-18)23-20(19-3-1-2-4-21(19)26-23)9-10-22(28)25-11-16-32(29,30)27-12-14-31-15-13-27/h1-8,26H,9-16H2,(H,25,28). The van der Waals surface area contributed by atoms with E-state index in [2.05, 4.69) is 10.3 Å². The van der Waals surface area contributed by atoms with Crippen LogP contribution in [0.4, 0.5) is 4.39 Å². The van der Waals surface area contributed by atoms with E-state index >= 15 is 0 Å². The van der Waals surface area contributed by atoms with Crippen molar-refractivity contribution in [3.05, 3.63) is 59.9 Å². The second-order valence-corrected chi connectivity index (χ2v) is 9.80. The Balaban J connectivity index is 1.40. The Morgan fingerprint density at radius 2 is 1.81 bits per heavy atom. The minimum absolute atomic E-state index is 0.0667. The number of hydrogen-bond acceptors (Lipinski definition) is 4. The lowest BCUT2D eigenvalue weighted by atomic mass is 10.0. The maximum Gasteiger partial charge on any atom is 0.220 e. The van der Waals surface area contributed by atoms with Gasteiger partial charge in [-0.2, -0.15) is 4.31 Å². The Morgan fingerprint density at radius 1 is 1.09 bits per heavy atom. The summed E-state index contributed by atoms with van der Waals surface area (Å²) < 4.78 is 44.7. The average molecular weight is 460 g/mol. The summed E-state index contributed by atoms with van der Waals surface area (Å²) in [5.41, 5.74) is 3.62. The van der Waals surface area contributed by atoms with Crippen molar-refractivity contribution in [2.24, 2.45) is 0 Å². The van der Waals surface area contributed by atoms with Gasteiger partial charge in [-0.15, -0.1) is 0 Å². The Bertz CT molecular complexity index is 1190. The van der Waals surface area contributed by atoms with Crippen molar-refractivity contribution in [1.29, 1.82) is 0 Å². The number of H-pyrrole nitrogens is 1. The second kappa shape index (κ2) is 9.81. The van der Waals surface area contributed by atoms with E-state index < -0.39 is 10.0 Å². The number of nitrogens with zero attached hydrogens (tertiary/aromatic N) is 1. The van der Waals surface area contributed by atoms with Gasteiger partial charge in [0.25, 0.3) is 0 Å². The Hall–Kier alpha value is -2.75. The van der Waals surface area contributed by atoms with Crippen LogP contribution in [0.25, 0.3) is 22.2 Å². The van der Waals surface area contributed by atoms with E-state index in [9.17, 15) is 17.6 Å². The third-order valence-corrected chi connectivity index (χ3v) is 7.47. The molecule has 0 unspecified atom stereocenters. The molecule has 32 heavy (non-hydrogen) atoms. The van der Waals surface area contributed by atoms with Gasteiger partial charge in [-0.1, -0.05) is 18.2 Å². The minimum atomic E-state index is -3.41. The summed E-state index contributed by atoms with van der Waals surface area (Å²) in [6.45, 7) is 1.56. The highest BCUT2D eigenvalue weighted by Crippen LogP contribution is 2.31. The van der Waals surface area contributed by atoms with Crippen LogP contribution >= 0.6 is 0 Å². The summed E-state index contributed by atoms with van der Waals surface area (Å²) in [6.07, 6.45) is 0.687. The number of halogens is 1. The van der Waals surface area contributed by atoms with Crippen LogP contribution in [0.15, 0.2) is 48.5 Å². The second-order valence-electron chi connectivity index (χ2n) is 7.71. The first kappa shape index (κ1) is 22.4. The van der Waals surface area contributed by atoms with E-state index in [1.807, 2.05) is 24.3 Å². The molecule has 7 nitrogen and oxygen atoms in total. The number of aryl methyl sites for hydroxylation is 1. The number of rotatable bonds is 8. The van der Waals surface area contributed by atoms with Gasteiger partial charge >= 0.3 is 0 Å². The number of amides is 1. The van der Waals surface area contributed by atoms with E-state index in [0.29, 0.717) is 32.7 Å². The predicted molar refractivity (Wildman–Crippen MR) is 121 cm³/mol. The monoisotopic (exact) mass is 459 g/mol. The lowest BCUT2D eigenvalue weighted by Crippen LogP contribution is -2.43. The first-order valence-corrected chi connectivity index (χ1v) is 12.2. The number of morpholine rings is 1. The smallest absolute Gasteiger partial charge is 0.220 e. The zero-order valence-corrected chi connectivity index (χ0v) is 18.5. The molecule has 2 N–H and O–H groups in total. The van der Waals surface area contributed by atoms with Gasteiger partial charge < -0.3 is 15.0 Å². The molecule has 0 atom stereocenters. The summed E-state index contributed by atoms with van der Waals surface area (Å²) in [4.78, 5) is 15.8. The number of fused-ring (bicyclic) bond motifs is 1. The van der Waals surface area contributed by atoms with Crippen molar-refractivity contribution in [1.82, 2.24) is 14.6 Å². The number of hydrogen-bond donors (Lipinski definition) is 2. The average Bonchev–Trinajstić information content (AvgIpc) is 3.17. The molecule has 1 aliphatic heterocycles. The molecule has 9 heteroatoms. The number of benzene rings is 2. The number of ether oxygens (including phenoxy) is 1. The summed E-state index contributed by atoms with van der Waals surface area (Å²) in [6, 6.07) is 14.0. The molecule has 1 saturated heterocycles. The maximum absolute atomic E-state index is 13.4. The molecule has 2 aromatic carbocycles. The lowest BCUT2D eigenvalue weighted by molar-refractivity contribution is -0.120. The van der Waals surface area contributed by atoms with Crippen LogP contribution in [0, 0.1) is 5.82 Å². The van der Waals surface area contributed by atoms with E-state index in [0.717, 1.165) is 27.7 Å². The van der Waals surface area contributed by atoms with Gasteiger partial charge in [0.15, 0.2) is 0 Å². The van der Waals surface area contributed by atoms with E-state index in [1.165, 1.54) is 16.4 Å². The Morgan fingerprint density at radius 3 is 2.56 bits per heavy atom. The van der Waals surface area contributed by atoms with E-state index in [-0.39, 0.29) is 30.4 Å². The van der Waals surface area contributed by atoms with Crippen LogP contribution in [0.2, 0.25) is 0 Å². The van der Waals surface area contributed by atoms with E-state index in [1.54, 1.807) is 12.1 Å². The van der Waals surface area contributed by atoms with Crippen molar-refractivity contribution < 1.29 is 22.3 Å². The minimum Gasteiger partial charge on any atom is -0.379 e. The van der Waals surface area contributed by atoms with Gasteiger partial charge in [-0.3, -0.25) is 4.79 Å². The zero-order chi connectivity index (χ0) is 22.6. The SMILES string of the molecule is O=C(CCc1c(-c2ccc(F)cc2)[nH]c2ccccc12)NCCS(=O)(=O)N1CCOCC1. The number of aromatic amines is 1. The zero-order valence-electron chi connectivity index (χ0n) is 17.6. The Labute approximate surface area is 186 Å². The van der Waals surface area contributed by atoms with Crippen molar-refractivity contribution in [2.75, 3.05) is 38.6 Å². The molecule has 3 aromatic rings. The fraction of sp³-hybridized carbons (Fsp3) is 0.348. The normalized spacial score (nSPS) is 15.2. The van der Waals surface area contributed by atoms with Gasteiger partial charge in [-0.05, 0) is 47.9 Å². The van der Waals surface area contributed by atoms with E-state index in [4.69, 9.17) is 4.74 Å². The summed E-state index contributed by atoms with van der Waals surface area (Å²) >= 11 is 0. The molecule has 1 amide bonds. The third kappa shape index (κ3) is 5.17. The van der Waals surface area contributed by atoms with Crippen molar-refractivity contribution in [2.45, 2.75) is 12.8 Å². The maximum atomic E-state index is 13.4. The van der Waals surface area contributed by atoms with Crippen LogP contribution < -0.4 is 5.32 Å². The number of nitrogens with one attached hydrogen (secondary N) is 2. The molecule has 0 spiro atoms. The van der Waals surface area contributed by atoms with Gasteiger partial charge in [0.05, 0.1) is 19.0 Å². The quantitative estimate of drug-likeness (QED) is 0.542. The summed E-state index contributed by atoms with van der Waals surface area (Å²) in [5.74, 6) is -0.650. The fourth-order valence-corrected chi connectivity index (χ4v) is 5.25. The molecule has 2 heterocycles. The Kier molecular flexibility index (Phi) is 6.88. The molecule has 0 saturated carbocycles. The van der Waals surface area contributed by atoms with Crippen LogP contribution in [0.3, 0.4) is 0 Å². The highest BCUT2D eigenvalue weighted by atomic mass is 32.2. The fourth-order valence-electron chi connectivity index (χ4n) is 3.92. The first-order valence-electron chi connectivity index (χ1n) is 10.6. The molecule has 0 radical (unpaired) electrons. The number of sulfonamides is 1. The van der Waals surface area contributed by atoms with Crippen LogP contribution in [-0.4, -0.2) is 62.2 Å². The molecule has 0 aliphatic carbocycles. The number of para-hydroxylation sites is 1. The summed E-state index contributed by atoms with van der Waals surface area (Å²) in [7, 11) is -3.41. The van der Waals surface area contributed by atoms with Crippen LogP contribution in [-0.2, 0) is 26.0 Å². The van der Waals surface area contributed by atoms with Crippen LogP contribution in [0.1, 0.15) is 12.0 Å². The summed E-state index contributed by atoms with van der Waals surface area (Å²) in [5, 5.41) is 3.73. The third-order valence-electron chi connectivity index (χ3n) is 5.59. The predicted octanol–water partition coefficient (Wildman–Crippen LogP) is 2.68. The van der Waals surface area contributed by atoms with Crippen molar-refractivity contribution >= 4 is 26.8 Å². The highest BCUT2D eigenvalue weighted by Gasteiger charge is 2.24. The van der Waals surface area contributed by atoms with Gasteiger partial charge in [-0.25, -0.2) is 12.8 Å². The molecular weight excluding hydrogens is 433 g/mol. The molecule has 1 aliphatic rings. The molecule has 170 valence electrons. The van der Waals surface area contributed by atoms with Crippen molar-refractivity contribution in [3.8, 4) is 11.3 Å². The molecular formula is C23H26FN3O4S. The van der Waals surface area contributed by atoms with Gasteiger partial charge in [0.1, 0.15) is 5.82 Å². The molecule has 1 fully saturated rings. The molecule has 4 rings (SSSR count). The van der Waals surface area contributed by atoms with Crippen molar-refractivity contribution in [3.63, 3.8) is 0 Å².